The molecular weight excluding hydrogens is 214 g/mol. The fraction of sp³-hybridized carbons (Fsp3) is 0.667. The van der Waals surface area contributed by atoms with Crippen molar-refractivity contribution < 1.29 is 8.42 Å². The van der Waals surface area contributed by atoms with Crippen LogP contribution in [0.5, 0.6) is 0 Å². The Bertz CT molecular complexity index is 423. The average Bonchev–Trinajstić information content (AvgIpc) is 2.37. The fourth-order valence-corrected chi connectivity index (χ4v) is 2.00. The lowest BCUT2D eigenvalue weighted by Gasteiger charge is -2.03. The van der Waals surface area contributed by atoms with Crippen LogP contribution in [0, 0.1) is 6.92 Å². The Hall–Kier alpha value is -1.04. The fourth-order valence-electron chi connectivity index (χ4n) is 1.33. The van der Waals surface area contributed by atoms with Crippen LogP contribution in [0.3, 0.4) is 0 Å². The lowest BCUT2D eigenvalue weighted by atomic mass is 10.4. The molecule has 0 bridgehead atoms. The van der Waals surface area contributed by atoms with Crippen LogP contribution in [0.4, 0.5) is 5.69 Å². The van der Waals surface area contributed by atoms with Gasteiger partial charge in [0.05, 0.1) is 17.1 Å². The molecule has 0 fully saturated rings. The molecule has 1 aromatic heterocycles. The van der Waals surface area contributed by atoms with Crippen molar-refractivity contribution in [3.63, 3.8) is 0 Å². The van der Waals surface area contributed by atoms with Gasteiger partial charge in [-0.1, -0.05) is 0 Å². The van der Waals surface area contributed by atoms with Gasteiger partial charge < -0.3 is 5.32 Å². The summed E-state index contributed by atoms with van der Waals surface area (Å²) in [5, 5.41) is 7.33. The molecule has 0 spiro atoms. The first-order valence-electron chi connectivity index (χ1n) is 4.80. The van der Waals surface area contributed by atoms with Crippen molar-refractivity contribution in [1.29, 1.82) is 0 Å². The molecule has 1 N–H and O–H groups in total. The van der Waals surface area contributed by atoms with E-state index in [0.717, 1.165) is 11.4 Å². The lowest BCUT2D eigenvalue weighted by Crippen LogP contribution is -2.09. The van der Waals surface area contributed by atoms with Gasteiger partial charge in [0.15, 0.2) is 0 Å². The van der Waals surface area contributed by atoms with Crippen LogP contribution in [0.15, 0.2) is 6.20 Å². The summed E-state index contributed by atoms with van der Waals surface area (Å²) in [4.78, 5) is 0. The van der Waals surface area contributed by atoms with Gasteiger partial charge in [-0.25, -0.2) is 8.42 Å². The number of hydrogen-bond donors (Lipinski definition) is 1. The van der Waals surface area contributed by atoms with E-state index in [-0.39, 0.29) is 5.75 Å². The first-order valence-corrected chi connectivity index (χ1v) is 6.86. The van der Waals surface area contributed by atoms with Crippen LogP contribution in [0.25, 0.3) is 0 Å². The van der Waals surface area contributed by atoms with Crippen LogP contribution in [0.2, 0.25) is 0 Å². The zero-order valence-electron chi connectivity index (χ0n) is 9.32. The van der Waals surface area contributed by atoms with E-state index in [1.54, 1.807) is 4.68 Å². The van der Waals surface area contributed by atoms with E-state index in [9.17, 15) is 8.42 Å². The van der Waals surface area contributed by atoms with E-state index < -0.39 is 9.84 Å². The summed E-state index contributed by atoms with van der Waals surface area (Å²) in [5.41, 5.74) is 1.89. The zero-order valence-corrected chi connectivity index (χ0v) is 10.1. The largest absolute Gasteiger partial charge is 0.382 e. The number of sulfone groups is 1. The Labute approximate surface area is 90.4 Å². The highest BCUT2D eigenvalue weighted by Gasteiger charge is 2.03. The molecule has 0 aliphatic heterocycles. The molecule has 0 radical (unpaired) electrons. The Morgan fingerprint density at radius 1 is 1.53 bits per heavy atom. The maximum absolute atomic E-state index is 10.9. The third-order valence-corrected chi connectivity index (χ3v) is 3.05. The quantitative estimate of drug-likeness (QED) is 0.753. The van der Waals surface area contributed by atoms with Crippen molar-refractivity contribution in [1.82, 2.24) is 9.78 Å². The molecule has 0 aliphatic carbocycles. The number of nitrogens with one attached hydrogen (secondary N) is 1. The van der Waals surface area contributed by atoms with Crippen molar-refractivity contribution >= 4 is 15.5 Å². The summed E-state index contributed by atoms with van der Waals surface area (Å²) in [6.45, 7) is 2.57. The molecule has 1 heterocycles. The number of anilines is 1. The first-order chi connectivity index (χ1) is 6.88. The highest BCUT2D eigenvalue weighted by atomic mass is 32.2. The number of rotatable bonds is 5. The summed E-state index contributed by atoms with van der Waals surface area (Å²) in [6.07, 6.45) is 3.76. The van der Waals surface area contributed by atoms with Crippen LogP contribution in [-0.4, -0.2) is 36.8 Å². The molecule has 1 aromatic rings. The summed E-state index contributed by atoms with van der Waals surface area (Å²) in [5.74, 6) is 0.222. The third-order valence-electron chi connectivity index (χ3n) is 2.02. The Morgan fingerprint density at radius 2 is 2.20 bits per heavy atom. The number of aryl methyl sites for hydroxylation is 2. The minimum atomic E-state index is -2.84. The minimum absolute atomic E-state index is 0.222. The Morgan fingerprint density at radius 3 is 2.67 bits per heavy atom. The minimum Gasteiger partial charge on any atom is -0.382 e. The number of aromatic nitrogens is 2. The van der Waals surface area contributed by atoms with E-state index in [1.165, 1.54) is 6.26 Å². The number of hydrogen-bond acceptors (Lipinski definition) is 4. The van der Waals surface area contributed by atoms with Gasteiger partial charge in [0.2, 0.25) is 0 Å². The Kier molecular flexibility index (Phi) is 3.73. The molecule has 15 heavy (non-hydrogen) atoms. The van der Waals surface area contributed by atoms with E-state index in [1.807, 2.05) is 20.2 Å². The normalized spacial score (nSPS) is 11.7. The smallest absolute Gasteiger partial charge is 0.147 e. The molecule has 0 saturated heterocycles. The summed E-state index contributed by atoms with van der Waals surface area (Å²) < 4.78 is 23.5. The van der Waals surface area contributed by atoms with Gasteiger partial charge in [-0.2, -0.15) is 5.10 Å². The average molecular weight is 231 g/mol. The molecule has 0 aliphatic rings. The van der Waals surface area contributed by atoms with Crippen LogP contribution < -0.4 is 5.32 Å². The summed E-state index contributed by atoms with van der Waals surface area (Å²) in [7, 11) is -0.988. The third kappa shape index (κ3) is 4.33. The zero-order chi connectivity index (χ0) is 11.5. The maximum atomic E-state index is 10.9. The highest BCUT2D eigenvalue weighted by molar-refractivity contribution is 7.90. The van der Waals surface area contributed by atoms with Crippen molar-refractivity contribution in [2.45, 2.75) is 13.3 Å². The molecular formula is C9H17N3O2S. The van der Waals surface area contributed by atoms with Crippen LogP contribution >= 0.6 is 0 Å². The van der Waals surface area contributed by atoms with Gasteiger partial charge in [0, 0.05) is 26.0 Å². The molecule has 0 atom stereocenters. The molecule has 6 heteroatoms. The Balaban J connectivity index is 2.35. The van der Waals surface area contributed by atoms with E-state index in [2.05, 4.69) is 10.4 Å². The predicted octanol–water partition coefficient (Wildman–Crippen LogP) is 0.575. The van der Waals surface area contributed by atoms with Gasteiger partial charge in [-0.15, -0.1) is 0 Å². The molecule has 0 amide bonds. The van der Waals surface area contributed by atoms with Crippen molar-refractivity contribution in [3.8, 4) is 0 Å². The second-order valence-corrected chi connectivity index (χ2v) is 5.97. The van der Waals surface area contributed by atoms with Gasteiger partial charge in [-0.05, 0) is 13.3 Å². The highest BCUT2D eigenvalue weighted by Crippen LogP contribution is 2.10. The molecule has 5 nitrogen and oxygen atoms in total. The molecule has 0 unspecified atom stereocenters. The SMILES string of the molecule is Cc1nn(C)cc1NCCCS(C)(=O)=O. The summed E-state index contributed by atoms with van der Waals surface area (Å²) in [6, 6.07) is 0. The van der Waals surface area contributed by atoms with E-state index in [0.29, 0.717) is 13.0 Å². The van der Waals surface area contributed by atoms with Gasteiger partial charge >= 0.3 is 0 Å². The van der Waals surface area contributed by atoms with Gasteiger partial charge in [0.25, 0.3) is 0 Å². The monoisotopic (exact) mass is 231 g/mol. The molecule has 1 rings (SSSR count). The van der Waals surface area contributed by atoms with Crippen LogP contribution in [0.1, 0.15) is 12.1 Å². The maximum Gasteiger partial charge on any atom is 0.147 e. The molecule has 86 valence electrons. The first kappa shape index (κ1) is 12.0. The summed E-state index contributed by atoms with van der Waals surface area (Å²) >= 11 is 0. The second kappa shape index (κ2) is 4.65. The molecule has 0 saturated carbocycles. The topological polar surface area (TPSA) is 64.0 Å². The van der Waals surface area contributed by atoms with Crippen molar-refractivity contribution in [3.05, 3.63) is 11.9 Å². The van der Waals surface area contributed by atoms with Crippen molar-refractivity contribution in [2.24, 2.45) is 7.05 Å². The van der Waals surface area contributed by atoms with Gasteiger partial charge in [0.1, 0.15) is 9.84 Å². The second-order valence-electron chi connectivity index (χ2n) is 3.71. The lowest BCUT2D eigenvalue weighted by molar-refractivity contribution is 0.600. The standard InChI is InChI=1S/C9H17N3O2S/c1-8-9(7-12(2)11-8)10-5-4-6-15(3,13)14/h7,10H,4-6H2,1-3H3. The molecule has 0 aromatic carbocycles. The van der Waals surface area contributed by atoms with E-state index in [4.69, 9.17) is 0 Å². The van der Waals surface area contributed by atoms with Crippen molar-refractivity contribution in [2.75, 3.05) is 23.9 Å². The van der Waals surface area contributed by atoms with Gasteiger partial charge in [-0.3, -0.25) is 4.68 Å². The van der Waals surface area contributed by atoms with E-state index >= 15 is 0 Å². The van der Waals surface area contributed by atoms with Crippen LogP contribution in [-0.2, 0) is 16.9 Å². The predicted molar refractivity (Wildman–Crippen MR) is 60.8 cm³/mol. The number of nitrogens with zero attached hydrogens (tertiary/aromatic N) is 2.